The Morgan fingerprint density at radius 2 is 2.07 bits per heavy atom. The van der Waals surface area contributed by atoms with Crippen LogP contribution in [0.5, 0.6) is 0 Å². The van der Waals surface area contributed by atoms with Crippen molar-refractivity contribution in [3.05, 3.63) is 47.7 Å². The maximum atomic E-state index is 3.73. The lowest BCUT2D eigenvalue weighted by atomic mass is 9.90. The summed E-state index contributed by atoms with van der Waals surface area (Å²) < 4.78 is 0. The summed E-state index contributed by atoms with van der Waals surface area (Å²) in [5.74, 6) is 0. The van der Waals surface area contributed by atoms with Gasteiger partial charge in [0.1, 0.15) is 0 Å². The van der Waals surface area contributed by atoms with Gasteiger partial charge in [0.15, 0.2) is 0 Å². The molecule has 0 saturated carbocycles. The standard InChI is InChI=1S/C13H19N/c1-6-8-12-11(7-2)10(3)9-13(4,5)14-12/h6-9,14H,1H2,2-5H3/b11-7-,12-8+. The highest BCUT2D eigenvalue weighted by atomic mass is 15.0. The van der Waals surface area contributed by atoms with Crippen molar-refractivity contribution in [3.63, 3.8) is 0 Å². The van der Waals surface area contributed by atoms with Crippen LogP contribution in [0.4, 0.5) is 0 Å². The molecule has 0 amide bonds. The molecule has 76 valence electrons. The summed E-state index contributed by atoms with van der Waals surface area (Å²) in [6.07, 6.45) is 8.22. The molecule has 0 saturated heterocycles. The van der Waals surface area contributed by atoms with Crippen LogP contribution in [0.1, 0.15) is 27.7 Å². The van der Waals surface area contributed by atoms with E-state index in [9.17, 15) is 0 Å². The highest BCUT2D eigenvalue weighted by Crippen LogP contribution is 2.27. The van der Waals surface area contributed by atoms with E-state index < -0.39 is 0 Å². The van der Waals surface area contributed by atoms with Crippen molar-refractivity contribution in [1.82, 2.24) is 5.32 Å². The number of rotatable bonds is 1. The van der Waals surface area contributed by atoms with E-state index in [1.165, 1.54) is 11.1 Å². The summed E-state index contributed by atoms with van der Waals surface area (Å²) in [4.78, 5) is 0. The molecule has 1 aliphatic heterocycles. The Kier molecular flexibility index (Phi) is 3.00. The molecule has 0 spiro atoms. The molecule has 14 heavy (non-hydrogen) atoms. The Balaban J connectivity index is 3.19. The monoisotopic (exact) mass is 189 g/mol. The minimum atomic E-state index is 0.0332. The first-order valence-corrected chi connectivity index (χ1v) is 4.97. The first-order valence-electron chi connectivity index (χ1n) is 4.97. The largest absolute Gasteiger partial charge is 0.376 e. The molecule has 0 bridgehead atoms. The normalized spacial score (nSPS) is 25.9. The zero-order valence-electron chi connectivity index (χ0n) is 9.52. The second kappa shape index (κ2) is 3.87. The van der Waals surface area contributed by atoms with Crippen molar-refractivity contribution in [2.45, 2.75) is 33.2 Å². The predicted octanol–water partition coefficient (Wildman–Crippen LogP) is 3.33. The zero-order valence-corrected chi connectivity index (χ0v) is 9.52. The smallest absolute Gasteiger partial charge is 0.0505 e. The lowest BCUT2D eigenvalue weighted by molar-refractivity contribution is 0.521. The van der Waals surface area contributed by atoms with Crippen LogP contribution in [0.15, 0.2) is 47.7 Å². The number of hydrogen-bond donors (Lipinski definition) is 1. The molecule has 0 radical (unpaired) electrons. The molecule has 0 atom stereocenters. The highest BCUT2D eigenvalue weighted by Gasteiger charge is 2.23. The van der Waals surface area contributed by atoms with Gasteiger partial charge in [-0.1, -0.05) is 24.8 Å². The van der Waals surface area contributed by atoms with E-state index in [2.05, 4.69) is 51.7 Å². The van der Waals surface area contributed by atoms with Crippen LogP contribution in [-0.2, 0) is 0 Å². The number of hydrogen-bond acceptors (Lipinski definition) is 1. The van der Waals surface area contributed by atoms with Gasteiger partial charge in [-0.2, -0.15) is 0 Å². The second-order valence-corrected chi connectivity index (χ2v) is 4.19. The van der Waals surface area contributed by atoms with Crippen LogP contribution in [0, 0.1) is 0 Å². The van der Waals surface area contributed by atoms with Gasteiger partial charge in [0.2, 0.25) is 0 Å². The lowest BCUT2D eigenvalue weighted by Crippen LogP contribution is -2.40. The molecule has 0 aromatic carbocycles. The Morgan fingerprint density at radius 1 is 1.43 bits per heavy atom. The van der Waals surface area contributed by atoms with Crippen molar-refractivity contribution >= 4 is 0 Å². The molecule has 1 heterocycles. The third kappa shape index (κ3) is 2.16. The molecule has 1 nitrogen and oxygen atoms in total. The average Bonchev–Trinajstić information content (AvgIpc) is 2.02. The van der Waals surface area contributed by atoms with Crippen LogP contribution in [-0.4, -0.2) is 5.54 Å². The van der Waals surface area contributed by atoms with E-state index in [0.717, 1.165) is 5.70 Å². The van der Waals surface area contributed by atoms with Gasteiger partial charge in [-0.25, -0.2) is 0 Å². The summed E-state index contributed by atoms with van der Waals surface area (Å²) in [6.45, 7) is 12.3. The summed E-state index contributed by atoms with van der Waals surface area (Å²) in [5.41, 5.74) is 3.78. The molecule has 0 fully saturated rings. The first-order chi connectivity index (χ1) is 6.50. The lowest BCUT2D eigenvalue weighted by Gasteiger charge is -2.33. The molecule has 1 N–H and O–H groups in total. The Morgan fingerprint density at radius 3 is 2.57 bits per heavy atom. The van der Waals surface area contributed by atoms with Gasteiger partial charge in [0, 0.05) is 5.70 Å². The van der Waals surface area contributed by atoms with Crippen molar-refractivity contribution < 1.29 is 0 Å². The highest BCUT2D eigenvalue weighted by molar-refractivity contribution is 5.50. The molecule has 1 rings (SSSR count). The van der Waals surface area contributed by atoms with E-state index in [1.807, 2.05) is 12.2 Å². The Hall–Kier alpha value is -1.24. The van der Waals surface area contributed by atoms with Crippen LogP contribution >= 0.6 is 0 Å². The topological polar surface area (TPSA) is 12.0 Å². The summed E-state index contributed by atoms with van der Waals surface area (Å²) in [6, 6.07) is 0. The van der Waals surface area contributed by atoms with Gasteiger partial charge >= 0.3 is 0 Å². The van der Waals surface area contributed by atoms with Crippen LogP contribution in [0.3, 0.4) is 0 Å². The molecule has 1 aliphatic rings. The molecular weight excluding hydrogens is 170 g/mol. The Labute approximate surface area is 86.9 Å². The van der Waals surface area contributed by atoms with E-state index >= 15 is 0 Å². The SMILES string of the molecule is C=C/C=C1/NC(C)(C)C=C(C)/C1=C/C. The fraction of sp³-hybridized carbons (Fsp3) is 0.385. The molecule has 0 aromatic heterocycles. The molecule has 0 unspecified atom stereocenters. The third-order valence-electron chi connectivity index (χ3n) is 2.32. The first kappa shape index (κ1) is 10.8. The van der Waals surface area contributed by atoms with Crippen molar-refractivity contribution in [2.24, 2.45) is 0 Å². The number of nitrogens with one attached hydrogen (secondary N) is 1. The maximum absolute atomic E-state index is 3.73. The zero-order chi connectivity index (χ0) is 10.8. The van der Waals surface area contributed by atoms with E-state index in [4.69, 9.17) is 0 Å². The predicted molar refractivity (Wildman–Crippen MR) is 63.0 cm³/mol. The summed E-state index contributed by atoms with van der Waals surface area (Å²) >= 11 is 0. The van der Waals surface area contributed by atoms with E-state index in [0.29, 0.717) is 0 Å². The molecule has 1 heteroatoms. The van der Waals surface area contributed by atoms with Crippen molar-refractivity contribution in [1.29, 1.82) is 0 Å². The summed E-state index contributed by atoms with van der Waals surface area (Å²) in [7, 11) is 0. The van der Waals surface area contributed by atoms with Gasteiger partial charge < -0.3 is 5.32 Å². The average molecular weight is 189 g/mol. The van der Waals surface area contributed by atoms with Crippen LogP contribution in [0.2, 0.25) is 0 Å². The third-order valence-corrected chi connectivity index (χ3v) is 2.32. The van der Waals surface area contributed by atoms with Crippen LogP contribution < -0.4 is 5.32 Å². The van der Waals surface area contributed by atoms with Crippen LogP contribution in [0.25, 0.3) is 0 Å². The molecular formula is C13H19N. The van der Waals surface area contributed by atoms with Crippen molar-refractivity contribution in [3.8, 4) is 0 Å². The fourth-order valence-corrected chi connectivity index (χ4v) is 1.91. The minimum absolute atomic E-state index is 0.0332. The second-order valence-electron chi connectivity index (χ2n) is 4.19. The Bertz CT molecular complexity index is 327. The minimum Gasteiger partial charge on any atom is -0.376 e. The summed E-state index contributed by atoms with van der Waals surface area (Å²) in [5, 5.41) is 3.47. The number of allylic oxidation sites excluding steroid dienone is 4. The quantitative estimate of drug-likeness (QED) is 0.667. The molecule has 0 aliphatic carbocycles. The van der Waals surface area contributed by atoms with Gasteiger partial charge in [-0.3, -0.25) is 0 Å². The van der Waals surface area contributed by atoms with Gasteiger partial charge in [0.05, 0.1) is 5.54 Å². The molecule has 0 aromatic rings. The van der Waals surface area contributed by atoms with Gasteiger partial charge in [-0.05, 0) is 44.9 Å². The van der Waals surface area contributed by atoms with Crippen molar-refractivity contribution in [2.75, 3.05) is 0 Å². The van der Waals surface area contributed by atoms with E-state index in [1.54, 1.807) is 0 Å². The maximum Gasteiger partial charge on any atom is 0.0505 e. The van der Waals surface area contributed by atoms with Gasteiger partial charge in [-0.15, -0.1) is 0 Å². The van der Waals surface area contributed by atoms with Gasteiger partial charge in [0.25, 0.3) is 0 Å². The fourth-order valence-electron chi connectivity index (χ4n) is 1.91. The van der Waals surface area contributed by atoms with E-state index in [-0.39, 0.29) is 5.54 Å².